The molecule has 0 spiro atoms. The number of primary amides is 1. The number of carbonyl (C=O) groups excluding carboxylic acids is 1. The molecule has 4 rings (SSSR count). The number of nitrogens with one attached hydrogen (secondary N) is 2. The standard InChI is InChI=1S/C17H18FN7O/c1-24-8-11(7-20-24)10-2-3-15(13(18)6-10)21-16-12-9-25(17(19)26)5-4-14(12)22-23-16/h2-3,6-8H,4-5,9H2,1H3,(H2,19,26)(H2,21,22,23). The van der Waals surface area contributed by atoms with Crippen LogP contribution in [-0.2, 0) is 20.0 Å². The van der Waals surface area contributed by atoms with E-state index in [0.717, 1.165) is 22.4 Å². The number of fused-ring (bicyclic) bond motifs is 1. The predicted octanol–water partition coefficient (Wildman–Crippen LogP) is 2.13. The Bertz CT molecular complexity index is 977. The molecule has 0 bridgehead atoms. The van der Waals surface area contributed by atoms with Gasteiger partial charge in [-0.2, -0.15) is 10.2 Å². The van der Waals surface area contributed by atoms with Crippen LogP contribution in [0.4, 0.5) is 20.7 Å². The Morgan fingerprint density at radius 2 is 2.23 bits per heavy atom. The van der Waals surface area contributed by atoms with Crippen molar-refractivity contribution in [1.82, 2.24) is 24.9 Å². The zero-order valence-corrected chi connectivity index (χ0v) is 14.2. The lowest BCUT2D eigenvalue weighted by Crippen LogP contribution is -2.39. The number of aromatic nitrogens is 4. The molecule has 9 heteroatoms. The van der Waals surface area contributed by atoms with Crippen molar-refractivity contribution in [3.8, 4) is 11.1 Å². The molecule has 26 heavy (non-hydrogen) atoms. The highest BCUT2D eigenvalue weighted by atomic mass is 19.1. The normalized spacial score (nSPS) is 13.5. The lowest BCUT2D eigenvalue weighted by atomic mass is 10.1. The van der Waals surface area contributed by atoms with Crippen LogP contribution < -0.4 is 11.1 Å². The number of nitrogens with zero attached hydrogens (tertiary/aromatic N) is 4. The number of aryl methyl sites for hydroxylation is 1. The third-order valence-electron chi connectivity index (χ3n) is 4.51. The summed E-state index contributed by atoms with van der Waals surface area (Å²) in [6, 6.07) is 4.45. The Hall–Kier alpha value is -3.36. The number of benzene rings is 1. The van der Waals surface area contributed by atoms with Gasteiger partial charge in [-0.15, -0.1) is 0 Å². The highest BCUT2D eigenvalue weighted by Gasteiger charge is 2.24. The molecule has 0 fully saturated rings. The van der Waals surface area contributed by atoms with Gasteiger partial charge >= 0.3 is 6.03 Å². The molecule has 0 aliphatic carbocycles. The zero-order chi connectivity index (χ0) is 18.3. The van der Waals surface area contributed by atoms with Crippen LogP contribution in [0.3, 0.4) is 0 Å². The fourth-order valence-electron chi connectivity index (χ4n) is 3.08. The quantitative estimate of drug-likeness (QED) is 0.669. The molecule has 3 heterocycles. The number of H-pyrrole nitrogens is 1. The number of anilines is 2. The van der Waals surface area contributed by atoms with E-state index < -0.39 is 11.8 Å². The third kappa shape index (κ3) is 2.87. The Morgan fingerprint density at radius 3 is 2.92 bits per heavy atom. The van der Waals surface area contributed by atoms with E-state index in [1.807, 2.05) is 19.3 Å². The van der Waals surface area contributed by atoms with Crippen LogP contribution in [0, 0.1) is 5.82 Å². The molecule has 1 aromatic carbocycles. The molecule has 0 atom stereocenters. The van der Waals surface area contributed by atoms with Gasteiger partial charge in [-0.05, 0) is 17.7 Å². The van der Waals surface area contributed by atoms with Crippen molar-refractivity contribution in [3.05, 3.63) is 47.7 Å². The second kappa shape index (κ2) is 6.17. The maximum absolute atomic E-state index is 14.6. The van der Waals surface area contributed by atoms with E-state index in [2.05, 4.69) is 20.6 Å². The Balaban J connectivity index is 1.59. The van der Waals surface area contributed by atoms with Crippen LogP contribution in [0.15, 0.2) is 30.6 Å². The predicted molar refractivity (Wildman–Crippen MR) is 94.2 cm³/mol. The minimum absolute atomic E-state index is 0.308. The second-order valence-electron chi connectivity index (χ2n) is 6.26. The molecule has 0 saturated carbocycles. The summed E-state index contributed by atoms with van der Waals surface area (Å²) in [7, 11) is 1.81. The van der Waals surface area contributed by atoms with Crippen LogP contribution >= 0.6 is 0 Å². The monoisotopic (exact) mass is 355 g/mol. The second-order valence-corrected chi connectivity index (χ2v) is 6.26. The van der Waals surface area contributed by atoms with E-state index in [0.29, 0.717) is 31.0 Å². The van der Waals surface area contributed by atoms with Gasteiger partial charge < -0.3 is 16.0 Å². The molecule has 0 radical (unpaired) electrons. The molecule has 0 saturated heterocycles. The van der Waals surface area contributed by atoms with E-state index in [1.54, 1.807) is 16.9 Å². The molecule has 8 nitrogen and oxygen atoms in total. The number of urea groups is 1. The van der Waals surface area contributed by atoms with Gasteiger partial charge in [-0.1, -0.05) is 6.07 Å². The average Bonchev–Trinajstić information content (AvgIpc) is 3.22. The minimum atomic E-state index is -0.477. The lowest BCUT2D eigenvalue weighted by molar-refractivity contribution is 0.202. The number of rotatable bonds is 3. The molecular formula is C17H18FN7O. The largest absolute Gasteiger partial charge is 0.351 e. The van der Waals surface area contributed by atoms with Crippen molar-refractivity contribution in [2.75, 3.05) is 11.9 Å². The highest BCUT2D eigenvalue weighted by Crippen LogP contribution is 2.29. The van der Waals surface area contributed by atoms with Crippen molar-refractivity contribution in [2.24, 2.45) is 12.8 Å². The first kappa shape index (κ1) is 16.1. The van der Waals surface area contributed by atoms with E-state index in [1.165, 1.54) is 11.0 Å². The first-order chi connectivity index (χ1) is 12.5. The smallest absolute Gasteiger partial charge is 0.315 e. The van der Waals surface area contributed by atoms with Crippen LogP contribution in [0.1, 0.15) is 11.3 Å². The topological polar surface area (TPSA) is 105 Å². The maximum Gasteiger partial charge on any atom is 0.315 e. The summed E-state index contributed by atoms with van der Waals surface area (Å²) in [5.74, 6) is 0.102. The number of hydrogen-bond acceptors (Lipinski definition) is 4. The molecule has 3 aromatic rings. The molecule has 1 aliphatic heterocycles. The summed E-state index contributed by atoms with van der Waals surface area (Å²) in [6.45, 7) is 0.886. The lowest BCUT2D eigenvalue weighted by Gasteiger charge is -2.25. The zero-order valence-electron chi connectivity index (χ0n) is 14.2. The highest BCUT2D eigenvalue weighted by molar-refractivity contribution is 5.73. The van der Waals surface area contributed by atoms with E-state index in [9.17, 15) is 9.18 Å². The first-order valence-corrected chi connectivity index (χ1v) is 8.17. The van der Waals surface area contributed by atoms with Crippen LogP contribution in [-0.4, -0.2) is 37.5 Å². The van der Waals surface area contributed by atoms with E-state index in [4.69, 9.17) is 5.73 Å². The SMILES string of the molecule is Cn1cc(-c2ccc(Nc3n[nH]c4c3CN(C(N)=O)CC4)c(F)c2)cn1. The number of amides is 2. The molecule has 0 unspecified atom stereocenters. The first-order valence-electron chi connectivity index (χ1n) is 8.17. The van der Waals surface area contributed by atoms with Gasteiger partial charge in [0.1, 0.15) is 5.82 Å². The maximum atomic E-state index is 14.6. The number of halogens is 1. The van der Waals surface area contributed by atoms with Gasteiger partial charge in [-0.3, -0.25) is 9.78 Å². The Kier molecular flexibility index (Phi) is 3.83. The summed E-state index contributed by atoms with van der Waals surface area (Å²) in [4.78, 5) is 12.9. The molecule has 134 valence electrons. The number of nitrogens with two attached hydrogens (primary N) is 1. The van der Waals surface area contributed by atoms with E-state index >= 15 is 0 Å². The molecule has 2 aromatic heterocycles. The summed E-state index contributed by atoms with van der Waals surface area (Å²) >= 11 is 0. The number of aromatic amines is 1. The fourth-order valence-corrected chi connectivity index (χ4v) is 3.08. The molecule has 2 amide bonds. The van der Waals surface area contributed by atoms with Gasteiger partial charge in [0.25, 0.3) is 0 Å². The Labute approximate surface area is 148 Å². The number of carbonyl (C=O) groups is 1. The number of hydrogen-bond donors (Lipinski definition) is 3. The Morgan fingerprint density at radius 1 is 1.38 bits per heavy atom. The third-order valence-corrected chi connectivity index (χ3v) is 4.51. The molecule has 4 N–H and O–H groups in total. The summed E-state index contributed by atoms with van der Waals surface area (Å²) in [5, 5.41) is 14.3. The van der Waals surface area contributed by atoms with Gasteiger partial charge in [0, 0.05) is 43.0 Å². The van der Waals surface area contributed by atoms with Crippen LogP contribution in [0.2, 0.25) is 0 Å². The van der Waals surface area contributed by atoms with Crippen molar-refractivity contribution < 1.29 is 9.18 Å². The van der Waals surface area contributed by atoms with Gasteiger partial charge in [0.2, 0.25) is 0 Å². The van der Waals surface area contributed by atoms with Crippen LogP contribution in [0.5, 0.6) is 0 Å². The van der Waals surface area contributed by atoms with Gasteiger partial charge in [-0.25, -0.2) is 9.18 Å². The van der Waals surface area contributed by atoms with Crippen molar-refractivity contribution in [2.45, 2.75) is 13.0 Å². The van der Waals surface area contributed by atoms with Crippen molar-refractivity contribution in [3.63, 3.8) is 0 Å². The van der Waals surface area contributed by atoms with Crippen LogP contribution in [0.25, 0.3) is 11.1 Å². The summed E-state index contributed by atoms with van der Waals surface area (Å²) < 4.78 is 16.2. The summed E-state index contributed by atoms with van der Waals surface area (Å²) in [6.07, 6.45) is 4.14. The fraction of sp³-hybridized carbons (Fsp3) is 0.235. The molecule has 1 aliphatic rings. The van der Waals surface area contributed by atoms with Gasteiger partial charge in [0.15, 0.2) is 5.82 Å². The molecular weight excluding hydrogens is 337 g/mol. The van der Waals surface area contributed by atoms with Crippen molar-refractivity contribution in [1.29, 1.82) is 0 Å². The average molecular weight is 355 g/mol. The summed E-state index contributed by atoms with van der Waals surface area (Å²) in [5.41, 5.74) is 9.00. The van der Waals surface area contributed by atoms with E-state index in [-0.39, 0.29) is 0 Å². The minimum Gasteiger partial charge on any atom is -0.351 e. The van der Waals surface area contributed by atoms with Gasteiger partial charge in [0.05, 0.1) is 18.4 Å². The van der Waals surface area contributed by atoms with Crippen molar-refractivity contribution >= 4 is 17.5 Å².